The van der Waals surface area contributed by atoms with Crippen LogP contribution < -0.4 is 5.32 Å². The number of hydrogen-bond acceptors (Lipinski definition) is 4. The van der Waals surface area contributed by atoms with E-state index in [2.05, 4.69) is 10.3 Å². The Morgan fingerprint density at radius 2 is 1.90 bits per heavy atom. The molecule has 0 bridgehead atoms. The lowest BCUT2D eigenvalue weighted by molar-refractivity contribution is -0.140. The van der Waals surface area contributed by atoms with Gasteiger partial charge in [-0.25, -0.2) is 9.78 Å². The number of thiazole rings is 1. The second-order valence-corrected chi connectivity index (χ2v) is 5.80. The predicted octanol–water partition coefficient (Wildman–Crippen LogP) is 2.65. The van der Waals surface area contributed by atoms with Crippen molar-refractivity contribution < 1.29 is 14.7 Å². The quantitative estimate of drug-likeness (QED) is 0.890. The molecule has 0 saturated carbocycles. The third-order valence-electron chi connectivity index (χ3n) is 2.99. The highest BCUT2D eigenvalue weighted by atomic mass is 32.1. The standard InChI is InChI=1S/C15H16N2O3S/c1-9(2)12(15(19)20)17-13(18)14-16-11(8-21-14)10-6-4-3-5-7-10/h3-9,12H,1-2H3,(H,17,18)(H,19,20)/t12-/m0/s1. The lowest BCUT2D eigenvalue weighted by atomic mass is 10.1. The van der Waals surface area contributed by atoms with E-state index in [-0.39, 0.29) is 10.9 Å². The van der Waals surface area contributed by atoms with E-state index < -0.39 is 17.9 Å². The van der Waals surface area contributed by atoms with Crippen molar-refractivity contribution in [1.29, 1.82) is 0 Å². The topological polar surface area (TPSA) is 79.3 Å². The zero-order chi connectivity index (χ0) is 15.4. The van der Waals surface area contributed by atoms with Gasteiger partial charge in [-0.15, -0.1) is 11.3 Å². The Balaban J connectivity index is 2.14. The molecule has 0 radical (unpaired) electrons. The van der Waals surface area contributed by atoms with Crippen LogP contribution in [0.25, 0.3) is 11.3 Å². The summed E-state index contributed by atoms with van der Waals surface area (Å²) in [7, 11) is 0. The first-order valence-corrected chi connectivity index (χ1v) is 7.41. The fourth-order valence-electron chi connectivity index (χ4n) is 1.84. The number of benzene rings is 1. The highest BCUT2D eigenvalue weighted by Crippen LogP contribution is 2.21. The number of carbonyl (C=O) groups is 2. The third kappa shape index (κ3) is 3.66. The molecular formula is C15H16N2O3S. The van der Waals surface area contributed by atoms with Crippen molar-refractivity contribution in [3.05, 3.63) is 40.7 Å². The fraction of sp³-hybridized carbons (Fsp3) is 0.267. The number of carboxylic acids is 1. The van der Waals surface area contributed by atoms with Crippen LogP contribution in [-0.4, -0.2) is 28.0 Å². The van der Waals surface area contributed by atoms with E-state index in [0.29, 0.717) is 5.69 Å². The Hall–Kier alpha value is -2.21. The maximum atomic E-state index is 12.1. The smallest absolute Gasteiger partial charge is 0.326 e. The monoisotopic (exact) mass is 304 g/mol. The van der Waals surface area contributed by atoms with Gasteiger partial charge in [-0.1, -0.05) is 44.2 Å². The molecule has 2 rings (SSSR count). The Bertz CT molecular complexity index is 637. The van der Waals surface area contributed by atoms with Crippen molar-refractivity contribution in [3.8, 4) is 11.3 Å². The molecule has 0 spiro atoms. The molecule has 110 valence electrons. The van der Waals surface area contributed by atoms with Crippen LogP contribution in [0.1, 0.15) is 23.6 Å². The Labute approximate surface area is 126 Å². The van der Waals surface area contributed by atoms with Crippen molar-refractivity contribution in [1.82, 2.24) is 10.3 Å². The van der Waals surface area contributed by atoms with Crippen LogP contribution in [0.3, 0.4) is 0 Å². The average molecular weight is 304 g/mol. The number of carbonyl (C=O) groups excluding carboxylic acids is 1. The normalized spacial score (nSPS) is 12.1. The number of nitrogens with one attached hydrogen (secondary N) is 1. The van der Waals surface area contributed by atoms with E-state index in [1.807, 2.05) is 30.3 Å². The van der Waals surface area contributed by atoms with Crippen molar-refractivity contribution in [2.24, 2.45) is 5.92 Å². The number of nitrogens with zero attached hydrogens (tertiary/aromatic N) is 1. The van der Waals surface area contributed by atoms with Crippen LogP contribution in [0.5, 0.6) is 0 Å². The summed E-state index contributed by atoms with van der Waals surface area (Å²) in [4.78, 5) is 27.5. The maximum absolute atomic E-state index is 12.1. The summed E-state index contributed by atoms with van der Waals surface area (Å²) in [6.07, 6.45) is 0. The Morgan fingerprint density at radius 3 is 2.48 bits per heavy atom. The number of carboxylic acid groups (broad SMARTS) is 1. The van der Waals surface area contributed by atoms with Crippen LogP contribution in [0.4, 0.5) is 0 Å². The molecule has 1 aromatic carbocycles. The highest BCUT2D eigenvalue weighted by molar-refractivity contribution is 7.12. The molecule has 21 heavy (non-hydrogen) atoms. The maximum Gasteiger partial charge on any atom is 0.326 e. The first kappa shape index (κ1) is 15.2. The molecule has 2 N–H and O–H groups in total. The number of hydrogen-bond donors (Lipinski definition) is 2. The lowest BCUT2D eigenvalue weighted by Gasteiger charge is -2.16. The van der Waals surface area contributed by atoms with Gasteiger partial charge in [0.25, 0.3) is 5.91 Å². The molecular weight excluding hydrogens is 288 g/mol. The second-order valence-electron chi connectivity index (χ2n) is 4.94. The van der Waals surface area contributed by atoms with Crippen LogP contribution in [0.15, 0.2) is 35.7 Å². The minimum Gasteiger partial charge on any atom is -0.480 e. The third-order valence-corrected chi connectivity index (χ3v) is 3.83. The molecule has 1 heterocycles. The van der Waals surface area contributed by atoms with Gasteiger partial charge in [0.2, 0.25) is 0 Å². The van der Waals surface area contributed by atoms with Crippen LogP contribution >= 0.6 is 11.3 Å². The molecule has 2 aromatic rings. The predicted molar refractivity (Wildman–Crippen MR) is 81.3 cm³/mol. The molecule has 1 amide bonds. The van der Waals surface area contributed by atoms with Gasteiger partial charge in [-0.3, -0.25) is 4.79 Å². The summed E-state index contributed by atoms with van der Waals surface area (Å²) in [6, 6.07) is 8.60. The summed E-state index contributed by atoms with van der Waals surface area (Å²) >= 11 is 1.20. The lowest BCUT2D eigenvalue weighted by Crippen LogP contribution is -2.44. The molecule has 1 aromatic heterocycles. The zero-order valence-electron chi connectivity index (χ0n) is 11.7. The molecule has 0 aliphatic carbocycles. The van der Waals surface area contributed by atoms with E-state index in [9.17, 15) is 9.59 Å². The van der Waals surface area contributed by atoms with E-state index in [1.165, 1.54) is 11.3 Å². The van der Waals surface area contributed by atoms with Crippen LogP contribution in [0.2, 0.25) is 0 Å². The minimum atomic E-state index is -1.04. The van der Waals surface area contributed by atoms with Gasteiger partial charge in [0.05, 0.1) is 5.69 Å². The summed E-state index contributed by atoms with van der Waals surface area (Å²) in [5.74, 6) is -1.69. The van der Waals surface area contributed by atoms with E-state index in [1.54, 1.807) is 19.2 Å². The fourth-order valence-corrected chi connectivity index (χ4v) is 2.57. The molecule has 6 heteroatoms. The highest BCUT2D eigenvalue weighted by Gasteiger charge is 2.25. The minimum absolute atomic E-state index is 0.194. The van der Waals surface area contributed by atoms with Crippen molar-refractivity contribution in [2.45, 2.75) is 19.9 Å². The van der Waals surface area contributed by atoms with Crippen molar-refractivity contribution in [3.63, 3.8) is 0 Å². The Kier molecular flexibility index (Phi) is 4.70. The van der Waals surface area contributed by atoms with Gasteiger partial charge in [-0.2, -0.15) is 0 Å². The first-order valence-electron chi connectivity index (χ1n) is 6.53. The second kappa shape index (κ2) is 6.49. The average Bonchev–Trinajstić information content (AvgIpc) is 2.94. The SMILES string of the molecule is CC(C)[C@H](NC(=O)c1nc(-c2ccccc2)cs1)C(=O)O. The van der Waals surface area contributed by atoms with Crippen molar-refractivity contribution in [2.75, 3.05) is 0 Å². The number of rotatable bonds is 5. The van der Waals surface area contributed by atoms with Gasteiger partial charge in [0.1, 0.15) is 6.04 Å². The molecule has 0 saturated heterocycles. The molecule has 0 aliphatic rings. The number of amides is 1. The summed E-state index contributed by atoms with van der Waals surface area (Å²) < 4.78 is 0. The largest absolute Gasteiger partial charge is 0.480 e. The van der Waals surface area contributed by atoms with E-state index in [0.717, 1.165) is 5.56 Å². The zero-order valence-corrected chi connectivity index (χ0v) is 12.6. The molecule has 5 nitrogen and oxygen atoms in total. The first-order chi connectivity index (χ1) is 9.99. The number of aliphatic carboxylic acids is 1. The van der Waals surface area contributed by atoms with E-state index >= 15 is 0 Å². The molecule has 0 unspecified atom stereocenters. The van der Waals surface area contributed by atoms with Crippen molar-refractivity contribution >= 4 is 23.2 Å². The van der Waals surface area contributed by atoms with Crippen LogP contribution in [0, 0.1) is 5.92 Å². The molecule has 0 aliphatic heterocycles. The molecule has 1 atom stereocenters. The summed E-state index contributed by atoms with van der Waals surface area (Å²) in [5.41, 5.74) is 1.63. The van der Waals surface area contributed by atoms with Crippen LogP contribution in [-0.2, 0) is 4.79 Å². The van der Waals surface area contributed by atoms with Gasteiger partial charge >= 0.3 is 5.97 Å². The molecule has 0 fully saturated rings. The van der Waals surface area contributed by atoms with Gasteiger partial charge < -0.3 is 10.4 Å². The van der Waals surface area contributed by atoms with Gasteiger partial charge in [-0.05, 0) is 5.92 Å². The van der Waals surface area contributed by atoms with Gasteiger partial charge in [0, 0.05) is 10.9 Å². The van der Waals surface area contributed by atoms with Gasteiger partial charge in [0.15, 0.2) is 5.01 Å². The van der Waals surface area contributed by atoms with E-state index in [4.69, 9.17) is 5.11 Å². The Morgan fingerprint density at radius 1 is 1.24 bits per heavy atom. The summed E-state index contributed by atoms with van der Waals surface area (Å²) in [6.45, 7) is 3.49. The number of aromatic nitrogens is 1. The summed E-state index contributed by atoms with van der Waals surface area (Å²) in [5, 5.41) is 13.6.